The van der Waals surface area contributed by atoms with Gasteiger partial charge in [0.2, 0.25) is 0 Å². The molecule has 16 heavy (non-hydrogen) atoms. The van der Waals surface area contributed by atoms with Gasteiger partial charge in [0, 0.05) is 12.8 Å². The number of anilines is 1. The van der Waals surface area contributed by atoms with Crippen LogP contribution >= 0.6 is 0 Å². The lowest BCUT2D eigenvalue weighted by atomic mass is 10.2. The lowest BCUT2D eigenvalue weighted by Gasteiger charge is -2.22. The standard InChI is InChI=1S/C10H17N3O2S/c1-8-5-6-9(13-12-8)11-7-10(2,3)16(4,14)15/h5-6H,7H2,1-4H3,(H,11,13). The van der Waals surface area contributed by atoms with E-state index in [1.807, 2.05) is 13.0 Å². The molecule has 0 radical (unpaired) electrons. The molecule has 1 N–H and O–H groups in total. The summed E-state index contributed by atoms with van der Waals surface area (Å²) in [4.78, 5) is 0. The summed E-state index contributed by atoms with van der Waals surface area (Å²) in [6, 6.07) is 3.60. The minimum atomic E-state index is -3.09. The van der Waals surface area contributed by atoms with E-state index in [-0.39, 0.29) is 0 Å². The molecule has 0 spiro atoms. The van der Waals surface area contributed by atoms with Gasteiger partial charge in [-0.25, -0.2) is 8.42 Å². The Balaban J connectivity index is 2.68. The molecule has 0 aliphatic carbocycles. The molecular weight excluding hydrogens is 226 g/mol. The second-order valence-electron chi connectivity index (χ2n) is 4.45. The van der Waals surface area contributed by atoms with E-state index in [0.717, 1.165) is 5.69 Å². The van der Waals surface area contributed by atoms with Gasteiger partial charge in [-0.3, -0.25) is 0 Å². The van der Waals surface area contributed by atoms with Crippen LogP contribution in [0.3, 0.4) is 0 Å². The van der Waals surface area contributed by atoms with E-state index >= 15 is 0 Å². The smallest absolute Gasteiger partial charge is 0.154 e. The van der Waals surface area contributed by atoms with E-state index < -0.39 is 14.6 Å². The van der Waals surface area contributed by atoms with Crippen LogP contribution in [-0.4, -0.2) is 36.2 Å². The summed E-state index contributed by atoms with van der Waals surface area (Å²) in [7, 11) is -3.09. The zero-order valence-electron chi connectivity index (χ0n) is 9.98. The molecule has 1 heterocycles. The Morgan fingerprint density at radius 2 is 1.94 bits per heavy atom. The van der Waals surface area contributed by atoms with Crippen molar-refractivity contribution in [2.24, 2.45) is 0 Å². The molecule has 90 valence electrons. The number of hydrogen-bond acceptors (Lipinski definition) is 5. The third-order valence-electron chi connectivity index (χ3n) is 2.50. The van der Waals surface area contributed by atoms with Crippen molar-refractivity contribution in [3.05, 3.63) is 17.8 Å². The molecule has 1 aromatic rings. The van der Waals surface area contributed by atoms with Crippen molar-refractivity contribution >= 4 is 15.7 Å². The van der Waals surface area contributed by atoms with Crippen molar-refractivity contribution in [2.75, 3.05) is 18.1 Å². The molecule has 0 amide bonds. The summed E-state index contributed by atoms with van der Waals surface area (Å²) < 4.78 is 22.1. The molecule has 5 nitrogen and oxygen atoms in total. The van der Waals surface area contributed by atoms with Gasteiger partial charge in [0.25, 0.3) is 0 Å². The summed E-state index contributed by atoms with van der Waals surface area (Å²) in [6.45, 7) is 5.51. The van der Waals surface area contributed by atoms with Gasteiger partial charge in [0.15, 0.2) is 9.84 Å². The Bertz CT molecular complexity index is 451. The molecule has 6 heteroatoms. The molecule has 0 aromatic carbocycles. The summed E-state index contributed by atoms with van der Waals surface area (Å²) in [5, 5.41) is 10.8. The molecule has 0 aliphatic heterocycles. The second-order valence-corrected chi connectivity index (χ2v) is 7.09. The zero-order valence-corrected chi connectivity index (χ0v) is 10.8. The number of aryl methyl sites for hydroxylation is 1. The van der Waals surface area contributed by atoms with Gasteiger partial charge in [-0.15, -0.1) is 5.10 Å². The number of aromatic nitrogens is 2. The normalized spacial score (nSPS) is 12.5. The van der Waals surface area contributed by atoms with Crippen molar-refractivity contribution < 1.29 is 8.42 Å². The van der Waals surface area contributed by atoms with Crippen LogP contribution < -0.4 is 5.32 Å². The van der Waals surface area contributed by atoms with Crippen LogP contribution in [0.15, 0.2) is 12.1 Å². The summed E-state index contributed by atoms with van der Waals surface area (Å²) in [5.41, 5.74) is 0.827. The maximum absolute atomic E-state index is 11.5. The molecule has 1 rings (SSSR count). The maximum Gasteiger partial charge on any atom is 0.154 e. The SMILES string of the molecule is Cc1ccc(NCC(C)(C)S(C)(=O)=O)nn1. The van der Waals surface area contributed by atoms with E-state index in [9.17, 15) is 8.42 Å². The van der Waals surface area contributed by atoms with Crippen LogP contribution in [0.2, 0.25) is 0 Å². The minimum absolute atomic E-state index is 0.309. The first-order valence-electron chi connectivity index (χ1n) is 4.96. The number of nitrogens with zero attached hydrogens (tertiary/aromatic N) is 2. The van der Waals surface area contributed by atoms with E-state index in [0.29, 0.717) is 12.4 Å². The van der Waals surface area contributed by atoms with Crippen LogP contribution in [0.5, 0.6) is 0 Å². The Kier molecular flexibility index (Phi) is 3.52. The van der Waals surface area contributed by atoms with Gasteiger partial charge in [-0.05, 0) is 32.9 Å². The van der Waals surface area contributed by atoms with Gasteiger partial charge in [0.05, 0.1) is 10.4 Å². The van der Waals surface area contributed by atoms with Crippen molar-refractivity contribution in [3.63, 3.8) is 0 Å². The van der Waals surface area contributed by atoms with E-state index in [1.165, 1.54) is 6.26 Å². The maximum atomic E-state index is 11.5. The quantitative estimate of drug-likeness (QED) is 0.854. The molecule has 0 atom stereocenters. The highest BCUT2D eigenvalue weighted by atomic mass is 32.2. The number of nitrogens with one attached hydrogen (secondary N) is 1. The van der Waals surface area contributed by atoms with Crippen molar-refractivity contribution in [1.82, 2.24) is 10.2 Å². The molecule has 0 fully saturated rings. The fourth-order valence-corrected chi connectivity index (χ4v) is 1.26. The second kappa shape index (κ2) is 4.37. The van der Waals surface area contributed by atoms with Crippen LogP contribution in [-0.2, 0) is 9.84 Å². The molecule has 0 bridgehead atoms. The average Bonchev–Trinajstić information content (AvgIpc) is 2.15. The average molecular weight is 243 g/mol. The van der Waals surface area contributed by atoms with Gasteiger partial charge in [0.1, 0.15) is 5.82 Å². The van der Waals surface area contributed by atoms with Crippen LogP contribution in [0, 0.1) is 6.92 Å². The lowest BCUT2D eigenvalue weighted by Crippen LogP contribution is -2.38. The molecule has 0 unspecified atom stereocenters. The number of hydrogen-bond donors (Lipinski definition) is 1. The number of sulfone groups is 1. The Morgan fingerprint density at radius 3 is 2.38 bits per heavy atom. The van der Waals surface area contributed by atoms with Crippen LogP contribution in [0.1, 0.15) is 19.5 Å². The first-order chi connectivity index (χ1) is 7.22. The van der Waals surface area contributed by atoms with E-state index in [4.69, 9.17) is 0 Å². The fourth-order valence-electron chi connectivity index (χ4n) is 0.928. The fraction of sp³-hybridized carbons (Fsp3) is 0.600. The van der Waals surface area contributed by atoms with Gasteiger partial charge >= 0.3 is 0 Å². The first-order valence-corrected chi connectivity index (χ1v) is 6.85. The largest absolute Gasteiger partial charge is 0.367 e. The van der Waals surface area contributed by atoms with Crippen molar-refractivity contribution in [1.29, 1.82) is 0 Å². The number of rotatable bonds is 4. The van der Waals surface area contributed by atoms with Crippen molar-refractivity contribution in [2.45, 2.75) is 25.5 Å². The minimum Gasteiger partial charge on any atom is -0.367 e. The third kappa shape index (κ3) is 3.16. The predicted molar refractivity (Wildman–Crippen MR) is 64.2 cm³/mol. The van der Waals surface area contributed by atoms with Gasteiger partial charge < -0.3 is 5.32 Å². The van der Waals surface area contributed by atoms with Crippen molar-refractivity contribution in [3.8, 4) is 0 Å². The Morgan fingerprint density at radius 1 is 1.31 bits per heavy atom. The molecule has 1 aromatic heterocycles. The van der Waals surface area contributed by atoms with E-state index in [1.54, 1.807) is 19.9 Å². The molecule has 0 saturated heterocycles. The van der Waals surface area contributed by atoms with Crippen LogP contribution in [0.4, 0.5) is 5.82 Å². The summed E-state index contributed by atoms with van der Waals surface area (Å²) in [5.74, 6) is 0.585. The van der Waals surface area contributed by atoms with E-state index in [2.05, 4.69) is 15.5 Å². The Hall–Kier alpha value is -1.17. The summed E-state index contributed by atoms with van der Waals surface area (Å²) in [6.07, 6.45) is 1.23. The third-order valence-corrected chi connectivity index (χ3v) is 4.65. The monoisotopic (exact) mass is 243 g/mol. The topological polar surface area (TPSA) is 72.0 Å². The molecular formula is C10H17N3O2S. The highest BCUT2D eigenvalue weighted by molar-refractivity contribution is 7.92. The van der Waals surface area contributed by atoms with Gasteiger partial charge in [-0.1, -0.05) is 0 Å². The van der Waals surface area contributed by atoms with Gasteiger partial charge in [-0.2, -0.15) is 5.10 Å². The van der Waals surface area contributed by atoms with Crippen LogP contribution in [0.25, 0.3) is 0 Å². The molecule has 0 saturated carbocycles. The predicted octanol–water partition coefficient (Wildman–Crippen LogP) is 1.02. The highest BCUT2D eigenvalue weighted by Gasteiger charge is 2.29. The summed E-state index contributed by atoms with van der Waals surface area (Å²) >= 11 is 0. The Labute approximate surface area is 96.2 Å². The highest BCUT2D eigenvalue weighted by Crippen LogP contribution is 2.15. The zero-order chi connectivity index (χ0) is 12.4. The lowest BCUT2D eigenvalue weighted by molar-refractivity contribution is 0.559. The molecule has 0 aliphatic rings. The first kappa shape index (κ1) is 12.9.